The molecule has 29 heavy (non-hydrogen) atoms. The van der Waals surface area contributed by atoms with Crippen molar-refractivity contribution < 1.29 is 14.4 Å². The first kappa shape index (κ1) is 20.5. The van der Waals surface area contributed by atoms with E-state index in [9.17, 15) is 14.4 Å². The normalized spacial score (nSPS) is 13.3. The minimum Gasteiger partial charge on any atom is -0.350 e. The summed E-state index contributed by atoms with van der Waals surface area (Å²) in [7, 11) is 0. The van der Waals surface area contributed by atoms with Crippen LogP contribution in [0.1, 0.15) is 70.4 Å². The topological polar surface area (TPSA) is 88.2 Å². The molecule has 0 spiro atoms. The minimum absolute atomic E-state index is 0.0389. The van der Waals surface area contributed by atoms with Crippen LogP contribution in [0.25, 0.3) is 0 Å². The van der Waals surface area contributed by atoms with Gasteiger partial charge < -0.3 is 10.6 Å². The van der Waals surface area contributed by atoms with E-state index in [2.05, 4.69) is 21.7 Å². The molecule has 2 N–H and O–H groups in total. The van der Waals surface area contributed by atoms with Crippen molar-refractivity contribution in [2.24, 2.45) is 0 Å². The van der Waals surface area contributed by atoms with E-state index in [-0.39, 0.29) is 23.1 Å². The summed E-state index contributed by atoms with van der Waals surface area (Å²) in [5, 5.41) is 5.60. The van der Waals surface area contributed by atoms with Crippen LogP contribution in [-0.4, -0.2) is 29.1 Å². The van der Waals surface area contributed by atoms with E-state index in [0.29, 0.717) is 17.8 Å². The summed E-state index contributed by atoms with van der Waals surface area (Å²) in [6, 6.07) is 11.4. The highest BCUT2D eigenvalue weighted by molar-refractivity contribution is 6.04. The van der Waals surface area contributed by atoms with Crippen LogP contribution in [0, 0.1) is 0 Å². The fourth-order valence-electron chi connectivity index (χ4n) is 3.23. The Morgan fingerprint density at radius 1 is 0.966 bits per heavy atom. The first-order valence-electron chi connectivity index (χ1n) is 9.88. The summed E-state index contributed by atoms with van der Waals surface area (Å²) in [5.41, 5.74) is 2.89. The van der Waals surface area contributed by atoms with Gasteiger partial charge in [0.2, 0.25) is 0 Å². The number of carbonyl (C=O) groups is 3. The van der Waals surface area contributed by atoms with Gasteiger partial charge in [-0.05, 0) is 75.4 Å². The molecule has 1 aromatic carbocycles. The number of pyridine rings is 1. The third-order valence-electron chi connectivity index (χ3n) is 4.88. The van der Waals surface area contributed by atoms with Crippen LogP contribution in [0.5, 0.6) is 0 Å². The monoisotopic (exact) mass is 391 g/mol. The maximum Gasteiger partial charge on any atom is 0.274 e. The second-order valence-corrected chi connectivity index (χ2v) is 7.11. The molecule has 1 heterocycles. The Balaban J connectivity index is 1.57. The van der Waals surface area contributed by atoms with Gasteiger partial charge in [-0.3, -0.25) is 14.4 Å². The van der Waals surface area contributed by atoms with Gasteiger partial charge in [-0.25, -0.2) is 4.98 Å². The Morgan fingerprint density at radius 3 is 2.34 bits per heavy atom. The fourth-order valence-corrected chi connectivity index (χ4v) is 3.23. The molecule has 0 saturated heterocycles. The second-order valence-electron chi connectivity index (χ2n) is 7.11. The predicted molar refractivity (Wildman–Crippen MR) is 112 cm³/mol. The molecule has 6 nitrogen and oxygen atoms in total. The standard InChI is InChI=1S/C23H25N3O3/c1-16(27)18-10-12-19(13-11-18)25-23(29)21-9-5-8-20(26-21)22(28)24-15-14-17-6-3-2-4-7-17/h5-6,8-13H,2-4,7,14-15H2,1H3,(H,24,28)(H,25,29). The van der Waals surface area contributed by atoms with E-state index in [1.54, 1.807) is 42.5 Å². The highest BCUT2D eigenvalue weighted by Crippen LogP contribution is 2.19. The average molecular weight is 391 g/mol. The number of hydrogen-bond acceptors (Lipinski definition) is 4. The number of hydrogen-bond donors (Lipinski definition) is 2. The molecule has 0 saturated carbocycles. The minimum atomic E-state index is -0.414. The summed E-state index contributed by atoms with van der Waals surface area (Å²) in [4.78, 5) is 40.3. The number of aromatic nitrogens is 1. The molecule has 0 aliphatic heterocycles. The molecule has 0 radical (unpaired) electrons. The SMILES string of the molecule is CC(=O)c1ccc(NC(=O)c2cccc(C(=O)NCCC3=CCCCC3)n2)cc1. The molecule has 0 fully saturated rings. The molecule has 1 aromatic heterocycles. The van der Waals surface area contributed by atoms with Gasteiger partial charge in [-0.2, -0.15) is 0 Å². The van der Waals surface area contributed by atoms with Crippen molar-refractivity contribution in [2.75, 3.05) is 11.9 Å². The highest BCUT2D eigenvalue weighted by atomic mass is 16.2. The molecule has 0 bridgehead atoms. The van der Waals surface area contributed by atoms with Crippen molar-refractivity contribution in [1.29, 1.82) is 0 Å². The summed E-state index contributed by atoms with van der Waals surface area (Å²) in [6.07, 6.45) is 7.81. The van der Waals surface area contributed by atoms with E-state index < -0.39 is 5.91 Å². The zero-order chi connectivity index (χ0) is 20.6. The molecule has 0 unspecified atom stereocenters. The van der Waals surface area contributed by atoms with E-state index >= 15 is 0 Å². The number of Topliss-reactive ketones (excluding diaryl/α,β-unsaturated/α-hetero) is 1. The molecule has 2 aromatic rings. The number of nitrogens with zero attached hydrogens (tertiary/aromatic N) is 1. The van der Waals surface area contributed by atoms with Crippen molar-refractivity contribution >= 4 is 23.3 Å². The van der Waals surface area contributed by atoms with E-state index in [0.717, 1.165) is 19.3 Å². The van der Waals surface area contributed by atoms with Crippen LogP contribution in [0.15, 0.2) is 54.1 Å². The van der Waals surface area contributed by atoms with E-state index in [1.165, 1.54) is 25.3 Å². The van der Waals surface area contributed by atoms with Gasteiger partial charge in [0, 0.05) is 17.8 Å². The van der Waals surface area contributed by atoms with Crippen molar-refractivity contribution in [1.82, 2.24) is 10.3 Å². The number of rotatable bonds is 7. The van der Waals surface area contributed by atoms with Gasteiger partial charge >= 0.3 is 0 Å². The van der Waals surface area contributed by atoms with Crippen LogP contribution in [0.2, 0.25) is 0 Å². The quantitative estimate of drug-likeness (QED) is 0.548. The molecule has 1 aliphatic carbocycles. The van der Waals surface area contributed by atoms with Gasteiger partial charge in [0.1, 0.15) is 11.4 Å². The lowest BCUT2D eigenvalue weighted by Gasteiger charge is -2.13. The predicted octanol–water partition coefficient (Wildman–Crippen LogP) is 4.16. The Kier molecular flexibility index (Phi) is 6.89. The Hall–Kier alpha value is -3.28. The Bertz CT molecular complexity index is 933. The number of nitrogens with one attached hydrogen (secondary N) is 2. The van der Waals surface area contributed by atoms with Gasteiger partial charge in [0.05, 0.1) is 0 Å². The third-order valence-corrected chi connectivity index (χ3v) is 4.88. The smallest absolute Gasteiger partial charge is 0.274 e. The Labute approximate surface area is 170 Å². The van der Waals surface area contributed by atoms with Gasteiger partial charge in [0.25, 0.3) is 11.8 Å². The van der Waals surface area contributed by atoms with Gasteiger partial charge in [-0.1, -0.05) is 17.7 Å². The zero-order valence-corrected chi connectivity index (χ0v) is 16.5. The van der Waals surface area contributed by atoms with Crippen molar-refractivity contribution in [3.8, 4) is 0 Å². The average Bonchev–Trinajstić information content (AvgIpc) is 2.75. The molecule has 3 rings (SSSR count). The molecule has 0 atom stereocenters. The first-order valence-corrected chi connectivity index (χ1v) is 9.88. The van der Waals surface area contributed by atoms with Crippen LogP contribution < -0.4 is 10.6 Å². The molecular weight excluding hydrogens is 366 g/mol. The summed E-state index contributed by atoms with van der Waals surface area (Å²) in [5.74, 6) is -0.743. The lowest BCUT2D eigenvalue weighted by molar-refractivity contribution is 0.0947. The number of carbonyl (C=O) groups excluding carboxylic acids is 3. The lowest BCUT2D eigenvalue weighted by atomic mass is 9.97. The van der Waals surface area contributed by atoms with E-state index in [4.69, 9.17) is 0 Å². The molecule has 2 amide bonds. The maximum absolute atomic E-state index is 12.4. The van der Waals surface area contributed by atoms with Crippen LogP contribution in [-0.2, 0) is 0 Å². The molecular formula is C23H25N3O3. The van der Waals surface area contributed by atoms with Crippen molar-refractivity contribution in [3.05, 3.63) is 71.1 Å². The van der Waals surface area contributed by atoms with Gasteiger partial charge in [-0.15, -0.1) is 0 Å². The zero-order valence-electron chi connectivity index (χ0n) is 16.5. The summed E-state index contributed by atoms with van der Waals surface area (Å²) in [6.45, 7) is 2.05. The van der Waals surface area contributed by atoms with Crippen molar-refractivity contribution in [2.45, 2.75) is 39.0 Å². The molecule has 150 valence electrons. The number of amides is 2. The number of allylic oxidation sites excluding steroid dienone is 1. The molecule has 1 aliphatic rings. The maximum atomic E-state index is 12.4. The number of ketones is 1. The third kappa shape index (κ3) is 5.85. The number of benzene rings is 1. The fraction of sp³-hybridized carbons (Fsp3) is 0.304. The van der Waals surface area contributed by atoms with Crippen LogP contribution >= 0.6 is 0 Å². The van der Waals surface area contributed by atoms with Crippen molar-refractivity contribution in [3.63, 3.8) is 0 Å². The van der Waals surface area contributed by atoms with Crippen LogP contribution in [0.3, 0.4) is 0 Å². The summed E-state index contributed by atoms with van der Waals surface area (Å²) < 4.78 is 0. The first-order chi connectivity index (χ1) is 14.0. The highest BCUT2D eigenvalue weighted by Gasteiger charge is 2.13. The van der Waals surface area contributed by atoms with Gasteiger partial charge in [0.15, 0.2) is 5.78 Å². The Morgan fingerprint density at radius 2 is 1.69 bits per heavy atom. The number of anilines is 1. The summed E-state index contributed by atoms with van der Waals surface area (Å²) >= 11 is 0. The van der Waals surface area contributed by atoms with E-state index in [1.807, 2.05) is 0 Å². The largest absolute Gasteiger partial charge is 0.350 e. The molecule has 6 heteroatoms. The second kappa shape index (κ2) is 9.78. The lowest BCUT2D eigenvalue weighted by Crippen LogP contribution is -2.26. The van der Waals surface area contributed by atoms with Crippen LogP contribution in [0.4, 0.5) is 5.69 Å².